The summed E-state index contributed by atoms with van der Waals surface area (Å²) in [5, 5.41) is 0. The third kappa shape index (κ3) is 3.57. The van der Waals surface area contributed by atoms with Crippen molar-refractivity contribution in [3.63, 3.8) is 0 Å². The zero-order valence-corrected chi connectivity index (χ0v) is 17.3. The first-order chi connectivity index (χ1) is 14.6. The highest BCUT2D eigenvalue weighted by Gasteiger charge is 2.53. The lowest BCUT2D eigenvalue weighted by atomic mass is 9.57. The molecule has 3 nitrogen and oxygen atoms in total. The molecule has 4 heteroatoms. The lowest BCUT2D eigenvalue weighted by Gasteiger charge is -2.45. The fourth-order valence-corrected chi connectivity index (χ4v) is 6.14. The number of carbonyl (C=O) groups is 1. The van der Waals surface area contributed by atoms with Crippen LogP contribution < -0.4 is 0 Å². The second kappa shape index (κ2) is 7.98. The number of nitrogens with zero attached hydrogens (tertiary/aromatic N) is 1. The minimum atomic E-state index is -0.243. The number of allylic oxidation sites excluding steroid dienone is 1. The van der Waals surface area contributed by atoms with Gasteiger partial charge in [0.05, 0.1) is 11.6 Å². The van der Waals surface area contributed by atoms with Crippen LogP contribution in [0.1, 0.15) is 44.7 Å². The van der Waals surface area contributed by atoms with Crippen LogP contribution in [0.15, 0.2) is 48.7 Å². The van der Waals surface area contributed by atoms with E-state index in [1.807, 2.05) is 18.2 Å². The lowest BCUT2D eigenvalue weighted by molar-refractivity contribution is -0.144. The Balaban J connectivity index is 1.39. The molecule has 2 heterocycles. The molecule has 3 fully saturated rings. The smallest absolute Gasteiger partial charge is 0.309 e. The predicted octanol–water partition coefficient (Wildman–Crippen LogP) is 5.90. The summed E-state index contributed by atoms with van der Waals surface area (Å²) in [7, 11) is 0. The number of halogens is 1. The Kier molecular flexibility index (Phi) is 5.18. The van der Waals surface area contributed by atoms with E-state index in [2.05, 4.69) is 24.1 Å². The average Bonchev–Trinajstić information content (AvgIpc) is 3.05. The van der Waals surface area contributed by atoms with E-state index in [4.69, 9.17) is 4.74 Å². The number of cyclic esters (lactones) is 1. The van der Waals surface area contributed by atoms with Crippen LogP contribution in [0.3, 0.4) is 0 Å². The van der Waals surface area contributed by atoms with Crippen molar-refractivity contribution in [2.24, 2.45) is 29.6 Å². The highest BCUT2D eigenvalue weighted by Crippen LogP contribution is 2.53. The van der Waals surface area contributed by atoms with Gasteiger partial charge in [-0.2, -0.15) is 0 Å². The van der Waals surface area contributed by atoms with Gasteiger partial charge in [0.1, 0.15) is 11.9 Å². The molecule has 5 rings (SSSR count). The first kappa shape index (κ1) is 19.5. The normalized spacial score (nSPS) is 33.2. The topological polar surface area (TPSA) is 39.2 Å². The zero-order chi connectivity index (χ0) is 20.7. The molecule has 0 radical (unpaired) electrons. The highest BCUT2D eigenvalue weighted by atomic mass is 19.1. The van der Waals surface area contributed by atoms with Crippen LogP contribution >= 0.6 is 0 Å². The Labute approximate surface area is 177 Å². The minimum Gasteiger partial charge on any atom is -0.462 e. The molecule has 2 aromatic rings. The number of esters is 1. The Morgan fingerprint density at radius 1 is 1.13 bits per heavy atom. The molecule has 0 spiro atoms. The van der Waals surface area contributed by atoms with Gasteiger partial charge in [0.2, 0.25) is 0 Å². The molecular weight excluding hydrogens is 377 g/mol. The molecule has 3 aliphatic rings. The average molecular weight is 406 g/mol. The SMILES string of the molecule is C[C@H]1OC(=O)C2C[C@@H]3CCCC[C@H]3[C@H](/C=C/c3ccc(-c4cccc(F)c4)cn3)[C@@H]21. The summed E-state index contributed by atoms with van der Waals surface area (Å²) < 4.78 is 19.1. The number of hydrogen-bond acceptors (Lipinski definition) is 3. The molecule has 2 aliphatic carbocycles. The van der Waals surface area contributed by atoms with E-state index in [9.17, 15) is 9.18 Å². The number of ether oxygens (including phenoxy) is 1. The van der Waals surface area contributed by atoms with Crippen LogP contribution in [0.2, 0.25) is 0 Å². The first-order valence-electron chi connectivity index (χ1n) is 11.2. The van der Waals surface area contributed by atoms with E-state index in [1.165, 1.54) is 37.8 Å². The van der Waals surface area contributed by atoms with Gasteiger partial charge < -0.3 is 4.74 Å². The molecule has 156 valence electrons. The van der Waals surface area contributed by atoms with Crippen molar-refractivity contribution in [1.29, 1.82) is 0 Å². The fourth-order valence-electron chi connectivity index (χ4n) is 6.14. The molecule has 2 saturated carbocycles. The van der Waals surface area contributed by atoms with Crippen molar-refractivity contribution < 1.29 is 13.9 Å². The number of carbonyl (C=O) groups excluding carboxylic acids is 1. The van der Waals surface area contributed by atoms with Crippen molar-refractivity contribution in [2.45, 2.75) is 45.1 Å². The van der Waals surface area contributed by atoms with Crippen LogP contribution in [0.4, 0.5) is 4.39 Å². The van der Waals surface area contributed by atoms with Crippen LogP contribution in [0, 0.1) is 35.4 Å². The zero-order valence-electron chi connectivity index (χ0n) is 17.3. The fraction of sp³-hybridized carbons (Fsp3) is 0.462. The quantitative estimate of drug-likeness (QED) is 0.597. The highest BCUT2D eigenvalue weighted by molar-refractivity contribution is 5.75. The van der Waals surface area contributed by atoms with Gasteiger partial charge in [-0.25, -0.2) is 4.39 Å². The van der Waals surface area contributed by atoms with Crippen LogP contribution in [-0.2, 0) is 9.53 Å². The van der Waals surface area contributed by atoms with E-state index in [1.54, 1.807) is 12.3 Å². The Bertz CT molecular complexity index is 954. The second-order valence-electron chi connectivity index (χ2n) is 9.19. The molecule has 6 atom stereocenters. The molecule has 1 unspecified atom stereocenters. The summed E-state index contributed by atoms with van der Waals surface area (Å²) in [6.07, 6.45) is 12.2. The van der Waals surface area contributed by atoms with Gasteiger partial charge in [-0.05, 0) is 67.4 Å². The van der Waals surface area contributed by atoms with Crippen LogP contribution in [-0.4, -0.2) is 17.1 Å². The van der Waals surface area contributed by atoms with Gasteiger partial charge in [-0.3, -0.25) is 9.78 Å². The summed E-state index contributed by atoms with van der Waals surface area (Å²) in [5.74, 6) is 1.73. The van der Waals surface area contributed by atoms with E-state index in [-0.39, 0.29) is 29.7 Å². The Morgan fingerprint density at radius 3 is 2.80 bits per heavy atom. The maximum Gasteiger partial charge on any atom is 0.309 e. The summed E-state index contributed by atoms with van der Waals surface area (Å²) in [6.45, 7) is 2.05. The molecule has 1 aliphatic heterocycles. The first-order valence-corrected chi connectivity index (χ1v) is 11.2. The predicted molar refractivity (Wildman–Crippen MR) is 115 cm³/mol. The summed E-state index contributed by atoms with van der Waals surface area (Å²) in [5.41, 5.74) is 2.62. The largest absolute Gasteiger partial charge is 0.462 e. The van der Waals surface area contributed by atoms with Gasteiger partial charge in [0, 0.05) is 17.7 Å². The van der Waals surface area contributed by atoms with Crippen LogP contribution in [0.5, 0.6) is 0 Å². The van der Waals surface area contributed by atoms with Gasteiger partial charge in [-0.1, -0.05) is 43.5 Å². The minimum absolute atomic E-state index is 0.00694. The second-order valence-corrected chi connectivity index (χ2v) is 9.19. The van der Waals surface area contributed by atoms with E-state index in [0.717, 1.165) is 23.2 Å². The molecule has 0 bridgehead atoms. The van der Waals surface area contributed by atoms with Crippen LogP contribution in [0.25, 0.3) is 17.2 Å². The van der Waals surface area contributed by atoms with Crippen molar-refractivity contribution in [2.75, 3.05) is 0 Å². The van der Waals surface area contributed by atoms with E-state index in [0.29, 0.717) is 17.8 Å². The molecule has 1 aromatic carbocycles. The van der Waals surface area contributed by atoms with E-state index >= 15 is 0 Å². The van der Waals surface area contributed by atoms with Crippen molar-refractivity contribution in [3.8, 4) is 11.1 Å². The number of rotatable bonds is 3. The standard InChI is InChI=1S/C26H28FNO2/c1-16-25-23(22-8-3-2-5-18(22)14-24(25)26(29)30-16)12-11-21-10-9-19(15-28-21)17-6-4-7-20(27)13-17/h4,6-7,9-13,15-16,18,22-25H,2-3,5,8,14H2,1H3/b12-11+/t16-,18+,22-,23+,24?,25+/m1/s1. The third-order valence-electron chi connectivity index (χ3n) is 7.51. The third-order valence-corrected chi connectivity index (χ3v) is 7.51. The Hall–Kier alpha value is -2.49. The summed E-state index contributed by atoms with van der Waals surface area (Å²) in [4.78, 5) is 17.0. The van der Waals surface area contributed by atoms with Gasteiger partial charge in [-0.15, -0.1) is 0 Å². The molecule has 30 heavy (non-hydrogen) atoms. The van der Waals surface area contributed by atoms with Gasteiger partial charge >= 0.3 is 5.97 Å². The Morgan fingerprint density at radius 2 is 2.00 bits per heavy atom. The van der Waals surface area contributed by atoms with Gasteiger partial charge in [0.15, 0.2) is 0 Å². The molecular formula is C26H28FNO2. The molecule has 0 amide bonds. The number of aromatic nitrogens is 1. The number of hydrogen-bond donors (Lipinski definition) is 0. The molecule has 1 aromatic heterocycles. The summed E-state index contributed by atoms with van der Waals surface area (Å²) in [6, 6.07) is 10.5. The monoisotopic (exact) mass is 405 g/mol. The molecule has 0 N–H and O–H groups in total. The van der Waals surface area contributed by atoms with E-state index < -0.39 is 0 Å². The van der Waals surface area contributed by atoms with Crippen molar-refractivity contribution in [1.82, 2.24) is 4.98 Å². The number of fused-ring (bicyclic) bond motifs is 2. The van der Waals surface area contributed by atoms with Gasteiger partial charge in [0.25, 0.3) is 0 Å². The lowest BCUT2D eigenvalue weighted by Crippen LogP contribution is -2.42. The van der Waals surface area contributed by atoms with Crippen molar-refractivity contribution in [3.05, 3.63) is 60.2 Å². The summed E-state index contributed by atoms with van der Waals surface area (Å²) >= 11 is 0. The number of benzene rings is 1. The molecule has 1 saturated heterocycles. The van der Waals surface area contributed by atoms with Crippen molar-refractivity contribution >= 4 is 12.0 Å². The maximum atomic E-state index is 13.5. The maximum absolute atomic E-state index is 13.5. The number of pyridine rings is 1.